The number of benzene rings is 1. The summed E-state index contributed by atoms with van der Waals surface area (Å²) in [6, 6.07) is 13.8. The van der Waals surface area contributed by atoms with Crippen molar-refractivity contribution >= 4 is 28.8 Å². The van der Waals surface area contributed by atoms with Crippen molar-refractivity contribution in [2.75, 3.05) is 41.3 Å². The Hall–Kier alpha value is -3.75. The first-order chi connectivity index (χ1) is 15.7. The topological polar surface area (TPSA) is 100 Å². The number of nitrogens with one attached hydrogen (secondary N) is 1. The molecule has 1 aliphatic rings. The molecule has 1 saturated heterocycles. The van der Waals surface area contributed by atoms with E-state index in [9.17, 15) is 10.1 Å². The van der Waals surface area contributed by atoms with Crippen molar-refractivity contribution in [3.63, 3.8) is 0 Å². The Bertz CT molecular complexity index is 1040. The van der Waals surface area contributed by atoms with Crippen molar-refractivity contribution in [2.24, 2.45) is 0 Å². The van der Waals surface area contributed by atoms with Crippen LogP contribution in [0.5, 0.6) is 0 Å². The first kappa shape index (κ1) is 21.5. The Balaban J connectivity index is 1.50. The highest BCUT2D eigenvalue weighted by molar-refractivity contribution is 5.74. The van der Waals surface area contributed by atoms with Gasteiger partial charge in [-0.25, -0.2) is 15.0 Å². The van der Waals surface area contributed by atoms with Crippen LogP contribution in [0.4, 0.5) is 28.8 Å². The molecular formula is C23H27N7O2. The maximum Gasteiger partial charge on any atom is 0.353 e. The number of piperazine rings is 1. The summed E-state index contributed by atoms with van der Waals surface area (Å²) in [5.41, 5.74) is 1.91. The molecule has 2 aromatic heterocycles. The number of hydrogen-bond donors (Lipinski definition) is 1. The lowest BCUT2D eigenvalue weighted by molar-refractivity contribution is -0.383. The van der Waals surface area contributed by atoms with Crippen LogP contribution in [0, 0.1) is 10.1 Å². The third-order valence-electron chi connectivity index (χ3n) is 5.57. The fourth-order valence-electron chi connectivity index (χ4n) is 3.82. The summed E-state index contributed by atoms with van der Waals surface area (Å²) in [7, 11) is 0. The molecule has 4 rings (SSSR count). The molecule has 0 aliphatic carbocycles. The Morgan fingerprint density at radius 3 is 2.41 bits per heavy atom. The zero-order valence-corrected chi connectivity index (χ0v) is 18.1. The molecule has 3 aromatic rings. The minimum Gasteiger partial charge on any atom is -0.353 e. The van der Waals surface area contributed by atoms with E-state index >= 15 is 0 Å². The molecular weight excluding hydrogens is 406 g/mol. The highest BCUT2D eigenvalue weighted by Gasteiger charge is 2.29. The van der Waals surface area contributed by atoms with Gasteiger partial charge < -0.3 is 15.1 Å². The molecule has 0 saturated carbocycles. The van der Waals surface area contributed by atoms with Crippen LogP contribution in [0.25, 0.3) is 0 Å². The highest BCUT2D eigenvalue weighted by atomic mass is 16.6. The molecule has 9 heteroatoms. The zero-order chi connectivity index (χ0) is 22.3. The summed E-state index contributed by atoms with van der Waals surface area (Å²) in [5, 5.41) is 15.1. The second-order valence-corrected chi connectivity index (χ2v) is 7.74. The van der Waals surface area contributed by atoms with Crippen molar-refractivity contribution in [3.8, 4) is 0 Å². The number of nitrogens with zero attached hydrogens (tertiary/aromatic N) is 6. The van der Waals surface area contributed by atoms with E-state index < -0.39 is 4.92 Å². The highest BCUT2D eigenvalue weighted by Crippen LogP contribution is 2.34. The molecule has 1 aromatic carbocycles. The molecule has 0 spiro atoms. The quantitative estimate of drug-likeness (QED) is 0.417. The first-order valence-corrected chi connectivity index (χ1v) is 10.9. The number of anilines is 4. The number of nitro groups is 1. The van der Waals surface area contributed by atoms with Gasteiger partial charge in [0.05, 0.1) is 4.92 Å². The SMILES string of the molecule is CCCCc1ccc(Nc2ncnc(N3CCN(c4ccccn4)CC3)c2[N+](=O)[O-])cc1. The minimum atomic E-state index is -0.404. The van der Waals surface area contributed by atoms with Gasteiger partial charge in [-0.3, -0.25) is 10.1 Å². The van der Waals surface area contributed by atoms with Gasteiger partial charge in [-0.15, -0.1) is 0 Å². The van der Waals surface area contributed by atoms with Gasteiger partial charge in [-0.1, -0.05) is 31.5 Å². The number of rotatable bonds is 8. The summed E-state index contributed by atoms with van der Waals surface area (Å²) in [6.45, 7) is 4.81. The molecule has 0 radical (unpaired) electrons. The van der Waals surface area contributed by atoms with E-state index in [0.717, 1.165) is 30.8 Å². The van der Waals surface area contributed by atoms with Gasteiger partial charge in [0.25, 0.3) is 0 Å². The largest absolute Gasteiger partial charge is 0.353 e. The van der Waals surface area contributed by atoms with Crippen LogP contribution in [0.2, 0.25) is 0 Å². The lowest BCUT2D eigenvalue weighted by atomic mass is 10.1. The number of aryl methyl sites for hydroxylation is 1. The second kappa shape index (κ2) is 10.0. The van der Waals surface area contributed by atoms with Crippen molar-refractivity contribution < 1.29 is 4.92 Å². The van der Waals surface area contributed by atoms with Crippen molar-refractivity contribution in [1.82, 2.24) is 15.0 Å². The summed E-state index contributed by atoms with van der Waals surface area (Å²) in [6.07, 6.45) is 6.46. The van der Waals surface area contributed by atoms with Gasteiger partial charge in [-0.2, -0.15) is 0 Å². The van der Waals surface area contributed by atoms with Gasteiger partial charge in [-0.05, 0) is 42.7 Å². The Morgan fingerprint density at radius 1 is 1.00 bits per heavy atom. The Kier molecular flexibility index (Phi) is 6.74. The third kappa shape index (κ3) is 4.93. The molecule has 1 N–H and O–H groups in total. The van der Waals surface area contributed by atoms with Gasteiger partial charge in [0.15, 0.2) is 0 Å². The predicted octanol–water partition coefficient (Wildman–Crippen LogP) is 4.19. The second-order valence-electron chi connectivity index (χ2n) is 7.74. The monoisotopic (exact) mass is 433 g/mol. The van der Waals surface area contributed by atoms with E-state index in [4.69, 9.17) is 0 Å². The fourth-order valence-corrected chi connectivity index (χ4v) is 3.82. The fraction of sp³-hybridized carbons (Fsp3) is 0.348. The van der Waals surface area contributed by atoms with E-state index in [2.05, 4.69) is 32.1 Å². The molecule has 1 aliphatic heterocycles. The van der Waals surface area contributed by atoms with Crippen molar-refractivity contribution in [1.29, 1.82) is 0 Å². The standard InChI is InChI=1S/C23H27N7O2/c1-2-3-6-18-8-10-19(11-9-18)27-22-21(30(31)32)23(26-17-25-22)29-15-13-28(14-16-29)20-7-4-5-12-24-20/h4-5,7-12,17H,2-3,6,13-16H2,1H3,(H,25,26,27). The molecule has 166 valence electrons. The molecule has 1 fully saturated rings. The Morgan fingerprint density at radius 2 is 1.75 bits per heavy atom. The summed E-state index contributed by atoms with van der Waals surface area (Å²) in [5.74, 6) is 1.45. The van der Waals surface area contributed by atoms with Crippen LogP contribution < -0.4 is 15.1 Å². The maximum absolute atomic E-state index is 12.0. The number of pyridine rings is 1. The van der Waals surface area contributed by atoms with Gasteiger partial charge >= 0.3 is 5.69 Å². The molecule has 0 unspecified atom stereocenters. The van der Waals surface area contributed by atoms with Crippen LogP contribution in [-0.4, -0.2) is 46.1 Å². The average molecular weight is 434 g/mol. The van der Waals surface area contributed by atoms with Crippen LogP contribution in [-0.2, 0) is 6.42 Å². The number of hydrogen-bond acceptors (Lipinski definition) is 8. The molecule has 0 bridgehead atoms. The number of aromatic nitrogens is 3. The summed E-state index contributed by atoms with van der Waals surface area (Å²) >= 11 is 0. The average Bonchev–Trinajstić information content (AvgIpc) is 2.84. The maximum atomic E-state index is 12.0. The van der Waals surface area contributed by atoms with Crippen molar-refractivity contribution in [2.45, 2.75) is 26.2 Å². The molecule has 0 atom stereocenters. The first-order valence-electron chi connectivity index (χ1n) is 10.9. The van der Waals surface area contributed by atoms with Gasteiger partial charge in [0.2, 0.25) is 11.6 Å². The smallest absolute Gasteiger partial charge is 0.353 e. The van der Waals surface area contributed by atoms with Crippen LogP contribution in [0.3, 0.4) is 0 Å². The minimum absolute atomic E-state index is 0.103. The van der Waals surface area contributed by atoms with E-state index in [1.165, 1.54) is 11.9 Å². The van der Waals surface area contributed by atoms with Crippen LogP contribution >= 0.6 is 0 Å². The van der Waals surface area contributed by atoms with E-state index in [-0.39, 0.29) is 11.5 Å². The van der Waals surface area contributed by atoms with Crippen molar-refractivity contribution in [3.05, 3.63) is 70.7 Å². The lowest BCUT2D eigenvalue weighted by Crippen LogP contribution is -2.47. The van der Waals surface area contributed by atoms with Gasteiger partial charge in [0.1, 0.15) is 12.1 Å². The van der Waals surface area contributed by atoms with E-state index in [1.54, 1.807) is 6.20 Å². The molecule has 3 heterocycles. The van der Waals surface area contributed by atoms with E-state index in [1.807, 2.05) is 47.4 Å². The predicted molar refractivity (Wildman–Crippen MR) is 126 cm³/mol. The van der Waals surface area contributed by atoms with Crippen LogP contribution in [0.15, 0.2) is 55.0 Å². The number of unbranched alkanes of at least 4 members (excludes halogenated alkanes) is 1. The van der Waals surface area contributed by atoms with Gasteiger partial charge in [0, 0.05) is 38.1 Å². The van der Waals surface area contributed by atoms with Crippen LogP contribution in [0.1, 0.15) is 25.3 Å². The molecule has 0 amide bonds. The normalized spacial score (nSPS) is 13.8. The summed E-state index contributed by atoms with van der Waals surface area (Å²) in [4.78, 5) is 28.5. The van der Waals surface area contributed by atoms with E-state index in [0.29, 0.717) is 32.0 Å². The lowest BCUT2D eigenvalue weighted by Gasteiger charge is -2.35. The summed E-state index contributed by atoms with van der Waals surface area (Å²) < 4.78 is 0. The zero-order valence-electron chi connectivity index (χ0n) is 18.1. The molecule has 9 nitrogen and oxygen atoms in total. The third-order valence-corrected chi connectivity index (χ3v) is 5.57. The Labute approximate surface area is 187 Å². The molecule has 32 heavy (non-hydrogen) atoms.